The molecular weight excluding hydrogens is 226 g/mol. The first-order valence-electron chi connectivity index (χ1n) is 6.57. The van der Waals surface area contributed by atoms with Crippen LogP contribution in [0.1, 0.15) is 18.4 Å². The number of benzene rings is 1. The summed E-state index contributed by atoms with van der Waals surface area (Å²) in [5.41, 5.74) is 9.08. The van der Waals surface area contributed by atoms with Crippen LogP contribution in [-0.4, -0.2) is 25.0 Å². The average molecular weight is 245 g/mol. The van der Waals surface area contributed by atoms with Gasteiger partial charge in [0, 0.05) is 24.5 Å². The van der Waals surface area contributed by atoms with Crippen LogP contribution in [0, 0.1) is 12.8 Å². The van der Waals surface area contributed by atoms with Crippen molar-refractivity contribution in [1.29, 1.82) is 0 Å². The van der Waals surface area contributed by atoms with E-state index in [-0.39, 0.29) is 11.8 Å². The maximum atomic E-state index is 11.8. The van der Waals surface area contributed by atoms with Crippen molar-refractivity contribution in [2.45, 2.75) is 25.8 Å². The van der Waals surface area contributed by atoms with Gasteiger partial charge in [-0.3, -0.25) is 4.79 Å². The summed E-state index contributed by atoms with van der Waals surface area (Å²) in [6.45, 7) is 3.88. The molecule has 1 aromatic rings. The second-order valence-corrected chi connectivity index (χ2v) is 5.30. The van der Waals surface area contributed by atoms with Gasteiger partial charge in [-0.25, -0.2) is 0 Å². The second kappa shape index (κ2) is 4.19. The van der Waals surface area contributed by atoms with Crippen LogP contribution >= 0.6 is 0 Å². The Morgan fingerprint density at radius 3 is 3.11 bits per heavy atom. The number of nitrogens with two attached hydrogens (primary N) is 1. The highest BCUT2D eigenvalue weighted by molar-refractivity contribution is 5.83. The number of carbonyl (C=O) groups is 1. The smallest absolute Gasteiger partial charge is 0.225 e. The quantitative estimate of drug-likeness (QED) is 0.733. The molecule has 4 heteroatoms. The molecule has 3 rings (SSSR count). The molecule has 2 saturated heterocycles. The molecule has 1 amide bonds. The van der Waals surface area contributed by atoms with Crippen LogP contribution in [0.25, 0.3) is 0 Å². The molecule has 96 valence electrons. The number of nitrogen functional groups attached to an aromatic ring is 1. The highest BCUT2D eigenvalue weighted by Gasteiger charge is 2.41. The van der Waals surface area contributed by atoms with Crippen LogP contribution in [0.4, 0.5) is 11.4 Å². The maximum Gasteiger partial charge on any atom is 0.225 e. The number of carbonyl (C=O) groups excluding carboxylic acids is 1. The van der Waals surface area contributed by atoms with E-state index in [0.29, 0.717) is 6.04 Å². The third-order valence-electron chi connectivity index (χ3n) is 4.14. The summed E-state index contributed by atoms with van der Waals surface area (Å²) < 4.78 is 0. The lowest BCUT2D eigenvalue weighted by Gasteiger charge is -2.38. The topological polar surface area (TPSA) is 58.4 Å². The van der Waals surface area contributed by atoms with Crippen molar-refractivity contribution in [2.24, 2.45) is 5.92 Å². The normalized spacial score (nSPS) is 26.9. The van der Waals surface area contributed by atoms with Crippen LogP contribution in [0.2, 0.25) is 0 Å². The molecule has 2 fully saturated rings. The van der Waals surface area contributed by atoms with E-state index in [1.165, 1.54) is 11.3 Å². The molecular formula is C14H19N3O. The number of nitrogens with zero attached hydrogens (tertiary/aromatic N) is 1. The number of piperidine rings is 1. The summed E-state index contributed by atoms with van der Waals surface area (Å²) >= 11 is 0. The van der Waals surface area contributed by atoms with Gasteiger partial charge in [-0.15, -0.1) is 0 Å². The van der Waals surface area contributed by atoms with Crippen LogP contribution in [-0.2, 0) is 4.79 Å². The van der Waals surface area contributed by atoms with Crippen LogP contribution < -0.4 is 16.0 Å². The third kappa shape index (κ3) is 1.72. The minimum Gasteiger partial charge on any atom is -0.399 e. The predicted molar refractivity (Wildman–Crippen MR) is 72.5 cm³/mol. The molecule has 0 radical (unpaired) electrons. The molecule has 2 aliphatic rings. The average Bonchev–Trinajstić information content (AvgIpc) is 2.75. The van der Waals surface area contributed by atoms with Gasteiger partial charge in [0.1, 0.15) is 0 Å². The Balaban J connectivity index is 1.95. The van der Waals surface area contributed by atoms with E-state index in [2.05, 4.69) is 23.2 Å². The summed E-state index contributed by atoms with van der Waals surface area (Å²) in [5, 5.41) is 2.98. The van der Waals surface area contributed by atoms with Crippen molar-refractivity contribution in [3.05, 3.63) is 23.8 Å². The molecule has 0 aromatic heterocycles. The Hall–Kier alpha value is -1.71. The van der Waals surface area contributed by atoms with E-state index >= 15 is 0 Å². The first-order valence-corrected chi connectivity index (χ1v) is 6.57. The number of hydrogen-bond donors (Lipinski definition) is 2. The molecule has 1 aromatic carbocycles. The van der Waals surface area contributed by atoms with E-state index in [1.54, 1.807) is 0 Å². The number of fused-ring (bicyclic) bond motifs is 1. The van der Waals surface area contributed by atoms with Crippen molar-refractivity contribution in [3.63, 3.8) is 0 Å². The number of hydrogen-bond acceptors (Lipinski definition) is 3. The lowest BCUT2D eigenvalue weighted by molar-refractivity contribution is -0.122. The van der Waals surface area contributed by atoms with E-state index in [9.17, 15) is 4.79 Å². The summed E-state index contributed by atoms with van der Waals surface area (Å²) in [4.78, 5) is 14.1. The molecule has 2 atom stereocenters. The van der Waals surface area contributed by atoms with E-state index < -0.39 is 0 Å². The van der Waals surface area contributed by atoms with Gasteiger partial charge in [-0.05, 0) is 37.5 Å². The molecule has 0 saturated carbocycles. The van der Waals surface area contributed by atoms with Gasteiger partial charge in [-0.2, -0.15) is 0 Å². The molecule has 0 aliphatic carbocycles. The van der Waals surface area contributed by atoms with E-state index in [1.807, 2.05) is 12.1 Å². The first-order chi connectivity index (χ1) is 8.66. The number of nitrogens with one attached hydrogen (secondary N) is 1. The zero-order valence-electron chi connectivity index (χ0n) is 10.6. The third-order valence-corrected chi connectivity index (χ3v) is 4.14. The van der Waals surface area contributed by atoms with Crippen molar-refractivity contribution >= 4 is 17.3 Å². The highest BCUT2D eigenvalue weighted by atomic mass is 16.2. The Labute approximate surface area is 107 Å². The van der Waals surface area contributed by atoms with Gasteiger partial charge < -0.3 is 16.0 Å². The van der Waals surface area contributed by atoms with E-state index in [0.717, 1.165) is 31.6 Å². The van der Waals surface area contributed by atoms with Crippen molar-refractivity contribution in [2.75, 3.05) is 23.7 Å². The number of anilines is 2. The van der Waals surface area contributed by atoms with Crippen molar-refractivity contribution in [3.8, 4) is 0 Å². The van der Waals surface area contributed by atoms with Crippen LogP contribution in [0.5, 0.6) is 0 Å². The zero-order valence-corrected chi connectivity index (χ0v) is 10.6. The van der Waals surface area contributed by atoms with Gasteiger partial charge in [-0.1, -0.05) is 6.07 Å². The first kappa shape index (κ1) is 11.4. The molecule has 0 spiro atoms. The van der Waals surface area contributed by atoms with Crippen LogP contribution in [0.3, 0.4) is 0 Å². The number of aryl methyl sites for hydroxylation is 1. The number of amides is 1. The predicted octanol–water partition coefficient (Wildman–Crippen LogP) is 1.29. The minimum absolute atomic E-state index is 0.152. The number of rotatable bonds is 1. The van der Waals surface area contributed by atoms with E-state index in [4.69, 9.17) is 5.73 Å². The lowest BCUT2D eigenvalue weighted by atomic mass is 9.90. The Morgan fingerprint density at radius 1 is 1.44 bits per heavy atom. The monoisotopic (exact) mass is 245 g/mol. The summed E-state index contributed by atoms with van der Waals surface area (Å²) in [6.07, 6.45) is 2.08. The Kier molecular flexibility index (Phi) is 2.65. The Bertz CT molecular complexity index is 486. The zero-order chi connectivity index (χ0) is 12.7. The lowest BCUT2D eigenvalue weighted by Crippen LogP contribution is -2.46. The van der Waals surface area contributed by atoms with Gasteiger partial charge in [0.25, 0.3) is 0 Å². The fraction of sp³-hybridized carbons (Fsp3) is 0.500. The van der Waals surface area contributed by atoms with Gasteiger partial charge in [0.2, 0.25) is 5.91 Å². The molecule has 0 bridgehead atoms. The summed E-state index contributed by atoms with van der Waals surface area (Å²) in [6, 6.07) is 6.31. The molecule has 18 heavy (non-hydrogen) atoms. The largest absolute Gasteiger partial charge is 0.399 e. The molecule has 3 N–H and O–H groups in total. The standard InChI is InChI=1S/C14H19N3O/c1-9-4-5-10(15)7-12(9)17-6-2-3-11-13(17)8-16-14(11)18/h4-5,7,11,13H,2-3,6,8,15H2,1H3,(H,16,18). The van der Waals surface area contributed by atoms with Crippen molar-refractivity contribution < 1.29 is 4.79 Å². The molecule has 4 nitrogen and oxygen atoms in total. The van der Waals surface area contributed by atoms with Crippen molar-refractivity contribution in [1.82, 2.24) is 5.32 Å². The summed E-state index contributed by atoms with van der Waals surface area (Å²) in [7, 11) is 0. The SMILES string of the molecule is Cc1ccc(N)cc1N1CCCC2C(=O)NCC21. The van der Waals surface area contributed by atoms with Crippen LogP contribution in [0.15, 0.2) is 18.2 Å². The molecule has 2 unspecified atom stereocenters. The maximum absolute atomic E-state index is 11.8. The summed E-state index contributed by atoms with van der Waals surface area (Å²) in [5.74, 6) is 0.367. The second-order valence-electron chi connectivity index (χ2n) is 5.30. The van der Waals surface area contributed by atoms with Gasteiger partial charge in [0.15, 0.2) is 0 Å². The Morgan fingerprint density at radius 2 is 2.28 bits per heavy atom. The molecule has 2 heterocycles. The fourth-order valence-electron chi connectivity index (χ4n) is 3.19. The van der Waals surface area contributed by atoms with Gasteiger partial charge >= 0.3 is 0 Å². The minimum atomic E-state index is 0.152. The fourth-order valence-corrected chi connectivity index (χ4v) is 3.19. The highest BCUT2D eigenvalue weighted by Crippen LogP contribution is 2.34. The van der Waals surface area contributed by atoms with Gasteiger partial charge in [0.05, 0.1) is 12.0 Å². The molecule has 2 aliphatic heterocycles.